The fourth-order valence-corrected chi connectivity index (χ4v) is 2.77. The van der Waals surface area contributed by atoms with Gasteiger partial charge in [0, 0.05) is 4.90 Å². The van der Waals surface area contributed by atoms with Crippen LogP contribution in [0.2, 0.25) is 0 Å². The van der Waals surface area contributed by atoms with Gasteiger partial charge < -0.3 is 5.11 Å². The summed E-state index contributed by atoms with van der Waals surface area (Å²) in [6.07, 6.45) is 1.60. The molecule has 1 unspecified atom stereocenters. The van der Waals surface area contributed by atoms with Crippen molar-refractivity contribution in [3.8, 4) is 0 Å². The maximum atomic E-state index is 11.1. The second-order valence-corrected chi connectivity index (χ2v) is 6.78. The van der Waals surface area contributed by atoms with E-state index < -0.39 is 5.97 Å². The Kier molecular flexibility index (Phi) is 5.27. The van der Waals surface area contributed by atoms with Gasteiger partial charge >= 0.3 is 5.97 Å². The highest BCUT2D eigenvalue weighted by Gasteiger charge is 2.18. The van der Waals surface area contributed by atoms with Gasteiger partial charge in [-0.25, -0.2) is 0 Å². The molecule has 0 aliphatic heterocycles. The molecule has 0 aromatic heterocycles. The van der Waals surface area contributed by atoms with E-state index in [2.05, 4.69) is 32.9 Å². The molecule has 0 fully saturated rings. The van der Waals surface area contributed by atoms with Crippen LogP contribution in [-0.4, -0.2) is 16.3 Å². The molecule has 1 aromatic carbocycles. The number of benzene rings is 1. The molecule has 0 aliphatic rings. The molecule has 0 saturated heterocycles. The fourth-order valence-electron chi connectivity index (χ4n) is 1.69. The maximum absolute atomic E-state index is 11.1. The second-order valence-electron chi connectivity index (χ2n) is 5.51. The van der Waals surface area contributed by atoms with Crippen LogP contribution < -0.4 is 0 Å². The lowest BCUT2D eigenvalue weighted by Crippen LogP contribution is -2.15. The van der Waals surface area contributed by atoms with E-state index >= 15 is 0 Å². The number of carboxylic acids is 1. The maximum Gasteiger partial charge on any atom is 0.316 e. The Balaban J connectivity index is 2.76. The Morgan fingerprint density at radius 2 is 1.83 bits per heavy atom. The van der Waals surface area contributed by atoms with Gasteiger partial charge in [0.15, 0.2) is 0 Å². The lowest BCUT2D eigenvalue weighted by atomic mass is 9.87. The number of aliphatic carboxylic acids is 1. The summed E-state index contributed by atoms with van der Waals surface area (Å²) in [5, 5.41) is 8.79. The number of rotatable bonds is 5. The molecule has 1 rings (SSSR count). The molecule has 0 heterocycles. The third kappa shape index (κ3) is 4.37. The quantitative estimate of drug-likeness (QED) is 0.806. The summed E-state index contributed by atoms with van der Waals surface area (Å²) in [5.74, 6) is -0.721. The van der Waals surface area contributed by atoms with E-state index in [1.54, 1.807) is 0 Å². The summed E-state index contributed by atoms with van der Waals surface area (Å²) < 4.78 is 0. The highest BCUT2D eigenvalue weighted by molar-refractivity contribution is 8.00. The van der Waals surface area contributed by atoms with Crippen molar-refractivity contribution in [1.82, 2.24) is 0 Å². The fraction of sp³-hybridized carbons (Fsp3) is 0.533. The van der Waals surface area contributed by atoms with Crippen LogP contribution in [0.25, 0.3) is 0 Å². The van der Waals surface area contributed by atoms with E-state index in [4.69, 9.17) is 5.11 Å². The predicted octanol–water partition coefficient (Wildman–Crippen LogP) is 4.33. The van der Waals surface area contributed by atoms with Crippen molar-refractivity contribution in [2.24, 2.45) is 0 Å². The van der Waals surface area contributed by atoms with E-state index in [9.17, 15) is 4.79 Å². The van der Waals surface area contributed by atoms with Crippen molar-refractivity contribution in [3.05, 3.63) is 29.8 Å². The molecule has 3 heteroatoms. The largest absolute Gasteiger partial charge is 0.480 e. The van der Waals surface area contributed by atoms with Crippen molar-refractivity contribution in [2.75, 3.05) is 0 Å². The van der Waals surface area contributed by atoms with Gasteiger partial charge in [-0.15, -0.1) is 11.8 Å². The number of hydrogen-bond acceptors (Lipinski definition) is 2. The zero-order valence-electron chi connectivity index (χ0n) is 11.6. The van der Waals surface area contributed by atoms with Crippen LogP contribution in [0.5, 0.6) is 0 Å². The molecule has 0 aliphatic carbocycles. The minimum absolute atomic E-state index is 0.138. The van der Waals surface area contributed by atoms with Crippen LogP contribution in [0.3, 0.4) is 0 Å². The monoisotopic (exact) mass is 266 g/mol. The van der Waals surface area contributed by atoms with Crippen molar-refractivity contribution in [3.63, 3.8) is 0 Å². The summed E-state index contributed by atoms with van der Waals surface area (Å²) in [6.45, 7) is 8.53. The summed E-state index contributed by atoms with van der Waals surface area (Å²) in [5.41, 5.74) is 1.41. The smallest absolute Gasteiger partial charge is 0.316 e. The zero-order valence-corrected chi connectivity index (χ0v) is 12.4. The Bertz CT molecular complexity index is 390. The molecule has 2 nitrogen and oxygen atoms in total. The molecule has 0 spiro atoms. The van der Waals surface area contributed by atoms with Gasteiger partial charge in [-0.2, -0.15) is 0 Å². The van der Waals surface area contributed by atoms with Gasteiger partial charge in [0.25, 0.3) is 0 Å². The highest BCUT2D eigenvalue weighted by Crippen LogP contribution is 2.29. The molecule has 0 radical (unpaired) electrons. The molecule has 0 amide bonds. The first-order chi connectivity index (χ1) is 8.34. The number of hydrogen-bond donors (Lipinski definition) is 1. The second kappa shape index (κ2) is 6.28. The molecular formula is C15H22O2S. The van der Waals surface area contributed by atoms with Gasteiger partial charge in [0.1, 0.15) is 5.25 Å². The molecule has 100 valence electrons. The number of thioether (sulfide) groups is 1. The van der Waals surface area contributed by atoms with Gasteiger partial charge in [0.2, 0.25) is 0 Å². The SMILES string of the molecule is CCCC(Sc1ccc(C(C)(C)C)cc1)C(=O)O. The Hall–Kier alpha value is -0.960. The average Bonchev–Trinajstić information content (AvgIpc) is 2.28. The van der Waals surface area contributed by atoms with Gasteiger partial charge in [-0.05, 0) is 29.5 Å². The molecule has 1 atom stereocenters. The van der Waals surface area contributed by atoms with E-state index in [0.717, 1.165) is 11.3 Å². The minimum atomic E-state index is -0.721. The first-order valence-corrected chi connectivity index (χ1v) is 7.22. The molecule has 0 saturated carbocycles. The standard InChI is InChI=1S/C15H22O2S/c1-5-6-13(14(16)17)18-12-9-7-11(8-10-12)15(2,3)4/h7-10,13H,5-6H2,1-4H3,(H,16,17). The third-order valence-electron chi connectivity index (χ3n) is 2.82. The predicted molar refractivity (Wildman–Crippen MR) is 77.3 cm³/mol. The van der Waals surface area contributed by atoms with Crippen LogP contribution in [-0.2, 0) is 10.2 Å². The third-order valence-corrected chi connectivity index (χ3v) is 4.09. The zero-order chi connectivity index (χ0) is 13.8. The highest BCUT2D eigenvalue weighted by atomic mass is 32.2. The summed E-state index contributed by atoms with van der Waals surface area (Å²) >= 11 is 1.44. The van der Waals surface area contributed by atoms with Gasteiger partial charge in [-0.1, -0.05) is 46.2 Å². The normalized spacial score (nSPS) is 13.3. The number of carbonyl (C=O) groups is 1. The van der Waals surface area contributed by atoms with E-state index in [-0.39, 0.29) is 10.7 Å². The topological polar surface area (TPSA) is 37.3 Å². The summed E-state index contributed by atoms with van der Waals surface area (Å²) in [7, 11) is 0. The van der Waals surface area contributed by atoms with Crippen LogP contribution >= 0.6 is 11.8 Å². The number of carboxylic acid groups (broad SMARTS) is 1. The Morgan fingerprint density at radius 1 is 1.28 bits per heavy atom. The first kappa shape index (κ1) is 15.1. The Labute approximate surface area is 114 Å². The van der Waals surface area contributed by atoms with Crippen LogP contribution in [0.1, 0.15) is 46.1 Å². The molecule has 1 aromatic rings. The molecular weight excluding hydrogens is 244 g/mol. The van der Waals surface area contributed by atoms with E-state index in [1.165, 1.54) is 17.3 Å². The van der Waals surface area contributed by atoms with Crippen molar-refractivity contribution in [2.45, 2.75) is 56.1 Å². The lowest BCUT2D eigenvalue weighted by molar-refractivity contribution is -0.136. The van der Waals surface area contributed by atoms with Crippen LogP contribution in [0.4, 0.5) is 0 Å². The van der Waals surface area contributed by atoms with Crippen molar-refractivity contribution < 1.29 is 9.90 Å². The van der Waals surface area contributed by atoms with Crippen LogP contribution in [0.15, 0.2) is 29.2 Å². The van der Waals surface area contributed by atoms with Crippen molar-refractivity contribution in [1.29, 1.82) is 0 Å². The molecule has 1 N–H and O–H groups in total. The van der Waals surface area contributed by atoms with Crippen molar-refractivity contribution >= 4 is 17.7 Å². The minimum Gasteiger partial charge on any atom is -0.480 e. The average molecular weight is 266 g/mol. The molecule has 18 heavy (non-hydrogen) atoms. The van der Waals surface area contributed by atoms with E-state index in [1.807, 2.05) is 19.1 Å². The molecule has 0 bridgehead atoms. The summed E-state index contributed by atoms with van der Waals surface area (Å²) in [6, 6.07) is 8.23. The van der Waals surface area contributed by atoms with Gasteiger partial charge in [0.05, 0.1) is 0 Å². The van der Waals surface area contributed by atoms with Crippen LogP contribution in [0, 0.1) is 0 Å². The lowest BCUT2D eigenvalue weighted by Gasteiger charge is -2.19. The summed E-state index contributed by atoms with van der Waals surface area (Å²) in [4.78, 5) is 12.1. The van der Waals surface area contributed by atoms with E-state index in [0.29, 0.717) is 6.42 Å². The Morgan fingerprint density at radius 3 is 2.22 bits per heavy atom. The van der Waals surface area contributed by atoms with Gasteiger partial charge in [-0.3, -0.25) is 4.79 Å². The first-order valence-electron chi connectivity index (χ1n) is 6.34.